The molecule has 1 aliphatic rings. The highest BCUT2D eigenvalue weighted by molar-refractivity contribution is 7.89. The van der Waals surface area contributed by atoms with E-state index >= 15 is 0 Å². The zero-order valence-electron chi connectivity index (χ0n) is 14.9. The number of sulfonamides is 1. The Kier molecular flexibility index (Phi) is 5.16. The van der Waals surface area contributed by atoms with Crippen LogP contribution in [-0.4, -0.2) is 44.9 Å². The van der Waals surface area contributed by atoms with E-state index in [4.69, 9.17) is 5.73 Å². The second-order valence-corrected chi connectivity index (χ2v) is 8.53. The first-order valence-electron chi connectivity index (χ1n) is 8.42. The van der Waals surface area contributed by atoms with Crippen molar-refractivity contribution in [1.82, 2.24) is 9.29 Å². The average molecular weight is 370 g/mol. The van der Waals surface area contributed by atoms with Crippen LogP contribution >= 0.6 is 0 Å². The van der Waals surface area contributed by atoms with E-state index < -0.39 is 10.0 Å². The molecular weight excluding hydrogens is 348 g/mol. The minimum atomic E-state index is -3.52. The summed E-state index contributed by atoms with van der Waals surface area (Å²) in [6.07, 6.45) is 5.44. The standard InChI is InChI=1S/C19H22N4O2S/c1-22(2)26(24,25)17-7-8-19(23-11-3-4-12-23)16(13-17)6-5-15-9-10-21-14-18(15)20/h7-10,13-14H,3-4,11-12,20H2,1-2H3. The number of benzene rings is 1. The summed E-state index contributed by atoms with van der Waals surface area (Å²) in [6, 6.07) is 6.89. The highest BCUT2D eigenvalue weighted by Gasteiger charge is 2.21. The average Bonchev–Trinajstić information content (AvgIpc) is 3.15. The van der Waals surface area contributed by atoms with E-state index in [-0.39, 0.29) is 4.90 Å². The number of nitrogens with two attached hydrogens (primary N) is 1. The number of hydrogen-bond acceptors (Lipinski definition) is 5. The number of hydrogen-bond donors (Lipinski definition) is 1. The maximum Gasteiger partial charge on any atom is 0.242 e. The second kappa shape index (κ2) is 7.36. The molecule has 136 valence electrons. The Balaban J connectivity index is 2.09. The first-order valence-corrected chi connectivity index (χ1v) is 9.86. The van der Waals surface area contributed by atoms with E-state index in [1.165, 1.54) is 18.4 Å². The maximum absolute atomic E-state index is 12.5. The molecule has 0 amide bonds. The number of anilines is 2. The highest BCUT2D eigenvalue weighted by atomic mass is 32.2. The van der Waals surface area contributed by atoms with Crippen LogP contribution in [0.15, 0.2) is 41.6 Å². The van der Waals surface area contributed by atoms with E-state index in [9.17, 15) is 8.42 Å². The lowest BCUT2D eigenvalue weighted by Crippen LogP contribution is -2.23. The first kappa shape index (κ1) is 18.2. The van der Waals surface area contributed by atoms with Crippen molar-refractivity contribution in [3.63, 3.8) is 0 Å². The summed E-state index contributed by atoms with van der Waals surface area (Å²) in [5, 5.41) is 0. The molecular formula is C19H22N4O2S. The zero-order valence-corrected chi connectivity index (χ0v) is 15.8. The molecule has 0 radical (unpaired) electrons. The van der Waals surface area contributed by atoms with E-state index in [0.29, 0.717) is 16.8 Å². The van der Waals surface area contributed by atoms with Crippen LogP contribution in [0.4, 0.5) is 11.4 Å². The summed E-state index contributed by atoms with van der Waals surface area (Å²) >= 11 is 0. The molecule has 0 aliphatic carbocycles. The van der Waals surface area contributed by atoms with Crippen LogP contribution in [0.1, 0.15) is 24.0 Å². The minimum Gasteiger partial charge on any atom is -0.396 e. The lowest BCUT2D eigenvalue weighted by atomic mass is 10.1. The minimum absolute atomic E-state index is 0.234. The fourth-order valence-electron chi connectivity index (χ4n) is 2.88. The largest absolute Gasteiger partial charge is 0.396 e. The first-order chi connectivity index (χ1) is 12.4. The van der Waals surface area contributed by atoms with Crippen LogP contribution in [0.2, 0.25) is 0 Å². The third-order valence-electron chi connectivity index (χ3n) is 4.38. The highest BCUT2D eigenvalue weighted by Crippen LogP contribution is 2.27. The van der Waals surface area contributed by atoms with E-state index in [1.807, 2.05) is 6.07 Å². The summed E-state index contributed by atoms with van der Waals surface area (Å²) < 4.78 is 26.2. The van der Waals surface area contributed by atoms with E-state index in [2.05, 4.69) is 21.7 Å². The lowest BCUT2D eigenvalue weighted by Gasteiger charge is -2.20. The number of rotatable bonds is 3. The molecule has 1 aromatic heterocycles. The molecule has 0 atom stereocenters. The predicted molar refractivity (Wildman–Crippen MR) is 103 cm³/mol. The Morgan fingerprint density at radius 2 is 1.81 bits per heavy atom. The Hall–Kier alpha value is -2.56. The molecule has 1 fully saturated rings. The quantitative estimate of drug-likeness (QED) is 0.835. The summed E-state index contributed by atoms with van der Waals surface area (Å²) in [5.74, 6) is 6.17. The van der Waals surface area contributed by atoms with Crippen molar-refractivity contribution in [1.29, 1.82) is 0 Å². The van der Waals surface area contributed by atoms with Crippen molar-refractivity contribution in [2.45, 2.75) is 17.7 Å². The maximum atomic E-state index is 12.5. The predicted octanol–water partition coefficient (Wildman–Crippen LogP) is 1.91. The zero-order chi connectivity index (χ0) is 18.7. The Morgan fingerprint density at radius 3 is 2.46 bits per heavy atom. The van der Waals surface area contributed by atoms with Crippen molar-refractivity contribution in [2.24, 2.45) is 0 Å². The fraction of sp³-hybridized carbons (Fsp3) is 0.316. The van der Waals surface area contributed by atoms with Crippen LogP contribution in [0.25, 0.3) is 0 Å². The molecule has 0 spiro atoms. The lowest BCUT2D eigenvalue weighted by molar-refractivity contribution is 0.520. The molecule has 1 aromatic carbocycles. The van der Waals surface area contributed by atoms with Gasteiger partial charge in [-0.2, -0.15) is 0 Å². The summed E-state index contributed by atoms with van der Waals surface area (Å²) in [5.41, 5.74) is 8.72. The van der Waals surface area contributed by atoms with Crippen molar-refractivity contribution in [3.8, 4) is 11.8 Å². The normalized spacial score (nSPS) is 14.3. The van der Waals surface area contributed by atoms with Gasteiger partial charge in [0.15, 0.2) is 0 Å². The van der Waals surface area contributed by atoms with Crippen LogP contribution in [-0.2, 0) is 10.0 Å². The Bertz CT molecular complexity index is 969. The van der Waals surface area contributed by atoms with Gasteiger partial charge < -0.3 is 10.6 Å². The molecule has 0 bridgehead atoms. The fourth-order valence-corrected chi connectivity index (χ4v) is 3.80. The molecule has 2 aromatic rings. The van der Waals surface area contributed by atoms with Crippen molar-refractivity contribution >= 4 is 21.4 Å². The van der Waals surface area contributed by atoms with Crippen LogP contribution < -0.4 is 10.6 Å². The molecule has 1 saturated heterocycles. The molecule has 26 heavy (non-hydrogen) atoms. The molecule has 0 unspecified atom stereocenters. The number of pyridine rings is 1. The van der Waals surface area contributed by atoms with Gasteiger partial charge in [-0.1, -0.05) is 11.8 Å². The second-order valence-electron chi connectivity index (χ2n) is 6.37. The third-order valence-corrected chi connectivity index (χ3v) is 6.19. The summed E-state index contributed by atoms with van der Waals surface area (Å²) in [6.45, 7) is 1.90. The van der Waals surface area contributed by atoms with Gasteiger partial charge in [-0.3, -0.25) is 4.98 Å². The van der Waals surface area contributed by atoms with Crippen LogP contribution in [0.3, 0.4) is 0 Å². The summed E-state index contributed by atoms with van der Waals surface area (Å²) in [7, 11) is -0.477. The van der Waals surface area contributed by atoms with Gasteiger partial charge in [0, 0.05) is 38.9 Å². The molecule has 0 saturated carbocycles. The van der Waals surface area contributed by atoms with Gasteiger partial charge in [0.25, 0.3) is 0 Å². The topological polar surface area (TPSA) is 79.5 Å². The van der Waals surface area contributed by atoms with E-state index in [1.54, 1.807) is 30.6 Å². The van der Waals surface area contributed by atoms with Gasteiger partial charge in [0.2, 0.25) is 10.0 Å². The summed E-state index contributed by atoms with van der Waals surface area (Å²) in [4.78, 5) is 6.44. The van der Waals surface area contributed by atoms with Gasteiger partial charge in [0.05, 0.1) is 28.0 Å². The number of nitrogens with zero attached hydrogens (tertiary/aromatic N) is 3. The smallest absolute Gasteiger partial charge is 0.242 e. The van der Waals surface area contributed by atoms with Gasteiger partial charge in [-0.15, -0.1) is 0 Å². The van der Waals surface area contributed by atoms with Crippen molar-refractivity contribution < 1.29 is 8.42 Å². The van der Waals surface area contributed by atoms with Gasteiger partial charge in [0.1, 0.15) is 0 Å². The molecule has 6 nitrogen and oxygen atoms in total. The SMILES string of the molecule is CN(C)S(=O)(=O)c1ccc(N2CCCC2)c(C#Cc2ccncc2N)c1. The van der Waals surface area contributed by atoms with Crippen LogP contribution in [0.5, 0.6) is 0 Å². The Labute approximate surface area is 154 Å². The van der Waals surface area contributed by atoms with Gasteiger partial charge in [-0.05, 0) is 37.1 Å². The number of nitrogen functional groups attached to an aromatic ring is 1. The molecule has 2 heterocycles. The van der Waals surface area contributed by atoms with E-state index in [0.717, 1.165) is 31.6 Å². The molecule has 7 heteroatoms. The van der Waals surface area contributed by atoms with Crippen molar-refractivity contribution in [2.75, 3.05) is 37.8 Å². The molecule has 3 rings (SSSR count). The molecule has 2 N–H and O–H groups in total. The van der Waals surface area contributed by atoms with Crippen molar-refractivity contribution in [3.05, 3.63) is 47.8 Å². The Morgan fingerprint density at radius 1 is 1.12 bits per heavy atom. The third kappa shape index (κ3) is 3.66. The van der Waals surface area contributed by atoms with Crippen LogP contribution in [0, 0.1) is 11.8 Å². The molecule has 1 aliphatic heterocycles. The number of aromatic nitrogens is 1. The van der Waals surface area contributed by atoms with Gasteiger partial charge >= 0.3 is 0 Å². The monoisotopic (exact) mass is 370 g/mol. The van der Waals surface area contributed by atoms with Gasteiger partial charge in [-0.25, -0.2) is 12.7 Å².